The summed E-state index contributed by atoms with van der Waals surface area (Å²) in [6, 6.07) is 14.7. The van der Waals surface area contributed by atoms with Gasteiger partial charge in [-0.1, -0.05) is 37.6 Å². The largest absolute Gasteiger partial charge is 0.382 e. The first kappa shape index (κ1) is 19.4. The van der Waals surface area contributed by atoms with E-state index in [0.29, 0.717) is 24.7 Å². The summed E-state index contributed by atoms with van der Waals surface area (Å²) in [6.07, 6.45) is 1.75. The number of ether oxygens (including phenoxy) is 1. The van der Waals surface area contributed by atoms with E-state index in [-0.39, 0.29) is 0 Å². The summed E-state index contributed by atoms with van der Waals surface area (Å²) in [4.78, 5) is 6.89. The Bertz CT molecular complexity index is 1050. The van der Waals surface area contributed by atoms with Gasteiger partial charge in [0, 0.05) is 29.8 Å². The smallest absolute Gasteiger partial charge is 0.147 e. The molecule has 0 unspecified atom stereocenters. The molecule has 0 aliphatic carbocycles. The van der Waals surface area contributed by atoms with Crippen LogP contribution in [-0.2, 0) is 4.74 Å². The van der Waals surface area contributed by atoms with Gasteiger partial charge in [-0.25, -0.2) is 4.98 Å². The fourth-order valence-electron chi connectivity index (χ4n) is 4.08. The molecule has 0 bridgehead atoms. The number of anilines is 2. The van der Waals surface area contributed by atoms with Crippen molar-refractivity contribution >= 4 is 28.1 Å². The van der Waals surface area contributed by atoms with E-state index in [4.69, 9.17) is 15.9 Å². The SMILES string of the molecule is CCCC(=N)c1cccc(C)c1-c1ccc2nc(N)c(N3CCOCC3)cc2c1. The second kappa shape index (κ2) is 8.21. The van der Waals surface area contributed by atoms with Gasteiger partial charge in [-0.2, -0.15) is 0 Å². The molecule has 0 saturated carbocycles. The van der Waals surface area contributed by atoms with Crippen LogP contribution in [-0.4, -0.2) is 37.0 Å². The number of aromatic nitrogens is 1. The van der Waals surface area contributed by atoms with Crippen LogP contribution < -0.4 is 10.6 Å². The van der Waals surface area contributed by atoms with Crippen LogP contribution in [0.15, 0.2) is 42.5 Å². The van der Waals surface area contributed by atoms with Crippen molar-refractivity contribution in [3.8, 4) is 11.1 Å². The van der Waals surface area contributed by atoms with Crippen LogP contribution in [0.25, 0.3) is 22.0 Å². The van der Waals surface area contributed by atoms with E-state index >= 15 is 0 Å². The summed E-state index contributed by atoms with van der Waals surface area (Å²) < 4.78 is 5.47. The minimum atomic E-state index is 0.563. The topological polar surface area (TPSA) is 75.2 Å². The number of nitrogens with one attached hydrogen (secondary N) is 1. The highest BCUT2D eigenvalue weighted by Gasteiger charge is 2.17. The van der Waals surface area contributed by atoms with Crippen molar-refractivity contribution in [3.63, 3.8) is 0 Å². The summed E-state index contributed by atoms with van der Waals surface area (Å²) in [7, 11) is 0. The van der Waals surface area contributed by atoms with E-state index in [2.05, 4.69) is 54.1 Å². The van der Waals surface area contributed by atoms with Gasteiger partial charge in [0.2, 0.25) is 0 Å². The molecule has 1 aliphatic rings. The zero-order valence-electron chi connectivity index (χ0n) is 17.2. The maximum absolute atomic E-state index is 8.53. The maximum Gasteiger partial charge on any atom is 0.147 e. The molecule has 3 N–H and O–H groups in total. The zero-order valence-corrected chi connectivity index (χ0v) is 17.2. The molecule has 1 saturated heterocycles. The second-order valence-electron chi connectivity index (χ2n) is 7.63. The fourth-order valence-corrected chi connectivity index (χ4v) is 4.08. The first-order chi connectivity index (χ1) is 14.1. The molecule has 1 aromatic heterocycles. The predicted molar refractivity (Wildman–Crippen MR) is 121 cm³/mol. The predicted octanol–water partition coefficient (Wildman–Crippen LogP) is 4.80. The number of pyridine rings is 1. The number of fused-ring (bicyclic) bond motifs is 1. The summed E-state index contributed by atoms with van der Waals surface area (Å²) in [5.41, 5.74) is 13.3. The fraction of sp³-hybridized carbons (Fsp3) is 0.333. The molecule has 5 heteroatoms. The number of benzene rings is 2. The third-order valence-electron chi connectivity index (χ3n) is 5.56. The standard InChI is InChI=1S/C24H28N4O/c1-3-5-20(25)19-7-4-6-16(2)23(19)17-8-9-21-18(14-17)15-22(24(26)27-21)28-10-12-29-13-11-28/h4,6-9,14-15,25H,3,5,10-13H2,1-2H3,(H2,26,27). The Balaban J connectivity index is 1.82. The molecule has 0 spiro atoms. The van der Waals surface area contributed by atoms with Crippen LogP contribution in [0.2, 0.25) is 0 Å². The van der Waals surface area contributed by atoms with E-state index in [1.165, 1.54) is 5.56 Å². The lowest BCUT2D eigenvalue weighted by atomic mass is 9.90. The van der Waals surface area contributed by atoms with E-state index in [0.717, 1.165) is 59.2 Å². The molecule has 1 aliphatic heterocycles. The van der Waals surface area contributed by atoms with Crippen LogP contribution in [0.1, 0.15) is 30.9 Å². The Labute approximate surface area is 172 Å². The molecular weight excluding hydrogens is 360 g/mol. The molecule has 1 fully saturated rings. The molecule has 4 rings (SSSR count). The lowest BCUT2D eigenvalue weighted by molar-refractivity contribution is 0.123. The number of morpholine rings is 1. The summed E-state index contributed by atoms with van der Waals surface area (Å²) in [5.74, 6) is 0.563. The van der Waals surface area contributed by atoms with Gasteiger partial charge in [0.1, 0.15) is 5.82 Å². The summed E-state index contributed by atoms with van der Waals surface area (Å²) >= 11 is 0. The minimum Gasteiger partial charge on any atom is -0.382 e. The molecule has 2 heterocycles. The van der Waals surface area contributed by atoms with Gasteiger partial charge in [-0.3, -0.25) is 0 Å². The van der Waals surface area contributed by atoms with Gasteiger partial charge in [0.15, 0.2) is 0 Å². The van der Waals surface area contributed by atoms with Crippen molar-refractivity contribution < 1.29 is 4.74 Å². The number of nitrogens with zero attached hydrogens (tertiary/aromatic N) is 2. The van der Waals surface area contributed by atoms with Crippen LogP contribution in [0.4, 0.5) is 11.5 Å². The minimum absolute atomic E-state index is 0.563. The maximum atomic E-state index is 8.53. The van der Waals surface area contributed by atoms with Gasteiger partial charge in [-0.15, -0.1) is 0 Å². The Kier molecular flexibility index (Phi) is 5.49. The van der Waals surface area contributed by atoms with E-state index in [1.807, 2.05) is 12.1 Å². The third kappa shape index (κ3) is 3.83. The molecule has 150 valence electrons. The van der Waals surface area contributed by atoms with E-state index in [1.54, 1.807) is 0 Å². The van der Waals surface area contributed by atoms with Crippen molar-refractivity contribution in [3.05, 3.63) is 53.6 Å². The van der Waals surface area contributed by atoms with E-state index in [9.17, 15) is 0 Å². The highest BCUT2D eigenvalue weighted by Crippen LogP contribution is 2.33. The Morgan fingerprint density at radius 3 is 2.72 bits per heavy atom. The molecule has 0 amide bonds. The molecular formula is C24H28N4O. The van der Waals surface area contributed by atoms with Crippen LogP contribution in [0, 0.1) is 12.3 Å². The lowest BCUT2D eigenvalue weighted by Crippen LogP contribution is -2.36. The van der Waals surface area contributed by atoms with Crippen molar-refractivity contribution in [1.82, 2.24) is 4.98 Å². The number of nitrogens with two attached hydrogens (primary N) is 1. The molecule has 29 heavy (non-hydrogen) atoms. The lowest BCUT2D eigenvalue weighted by Gasteiger charge is -2.29. The highest BCUT2D eigenvalue weighted by atomic mass is 16.5. The number of rotatable bonds is 5. The second-order valence-corrected chi connectivity index (χ2v) is 7.63. The Hall–Kier alpha value is -2.92. The first-order valence-electron chi connectivity index (χ1n) is 10.3. The van der Waals surface area contributed by atoms with Crippen LogP contribution in [0.3, 0.4) is 0 Å². The van der Waals surface area contributed by atoms with Crippen LogP contribution >= 0.6 is 0 Å². The van der Waals surface area contributed by atoms with E-state index < -0.39 is 0 Å². The Morgan fingerprint density at radius 1 is 1.17 bits per heavy atom. The number of hydrogen-bond donors (Lipinski definition) is 2. The number of nitrogen functional groups attached to an aromatic ring is 1. The first-order valence-corrected chi connectivity index (χ1v) is 10.3. The van der Waals surface area contributed by atoms with Crippen molar-refractivity contribution in [1.29, 1.82) is 5.41 Å². The number of hydrogen-bond acceptors (Lipinski definition) is 5. The Morgan fingerprint density at radius 2 is 1.97 bits per heavy atom. The van der Waals surface area contributed by atoms with Gasteiger partial charge in [-0.05, 0) is 48.2 Å². The van der Waals surface area contributed by atoms with Crippen LogP contribution in [0.5, 0.6) is 0 Å². The normalized spacial score (nSPS) is 14.3. The highest BCUT2D eigenvalue weighted by molar-refractivity contribution is 6.05. The average molecular weight is 389 g/mol. The molecule has 2 aromatic carbocycles. The third-order valence-corrected chi connectivity index (χ3v) is 5.56. The van der Waals surface area contributed by atoms with Gasteiger partial charge >= 0.3 is 0 Å². The average Bonchev–Trinajstić information content (AvgIpc) is 2.73. The zero-order chi connectivity index (χ0) is 20.4. The quantitative estimate of drug-likeness (QED) is 0.616. The monoisotopic (exact) mass is 388 g/mol. The summed E-state index contributed by atoms with van der Waals surface area (Å²) in [6.45, 7) is 7.31. The number of aryl methyl sites for hydroxylation is 1. The van der Waals surface area contributed by atoms with Crippen molar-refractivity contribution in [2.45, 2.75) is 26.7 Å². The molecule has 0 radical (unpaired) electrons. The molecule has 5 nitrogen and oxygen atoms in total. The van der Waals surface area contributed by atoms with Crippen molar-refractivity contribution in [2.24, 2.45) is 0 Å². The molecule has 0 atom stereocenters. The van der Waals surface area contributed by atoms with Gasteiger partial charge in [0.05, 0.1) is 24.4 Å². The van der Waals surface area contributed by atoms with Gasteiger partial charge in [0.25, 0.3) is 0 Å². The van der Waals surface area contributed by atoms with Crippen molar-refractivity contribution in [2.75, 3.05) is 36.9 Å². The summed E-state index contributed by atoms with van der Waals surface area (Å²) in [5, 5.41) is 9.59. The molecule has 3 aromatic rings. The van der Waals surface area contributed by atoms with Gasteiger partial charge < -0.3 is 20.8 Å².